The molecule has 1 saturated carbocycles. The van der Waals surface area contributed by atoms with Gasteiger partial charge < -0.3 is 5.11 Å². The number of hydrogen-bond donors (Lipinski definition) is 1. The molecule has 3 rings (SSSR count). The van der Waals surface area contributed by atoms with Crippen molar-refractivity contribution in [3.05, 3.63) is 34.6 Å². The van der Waals surface area contributed by atoms with Crippen molar-refractivity contribution in [1.29, 1.82) is 0 Å². The number of fused-ring (bicyclic) bond motifs is 1. The molecule has 0 atom stereocenters. The average Bonchev–Trinajstić information content (AvgIpc) is 2.90. The summed E-state index contributed by atoms with van der Waals surface area (Å²) in [6, 6.07) is 3.59. The highest BCUT2D eigenvalue weighted by atomic mass is 19.1. The second kappa shape index (κ2) is 3.06. The fourth-order valence-corrected chi connectivity index (χ4v) is 2.71. The van der Waals surface area contributed by atoms with Gasteiger partial charge in [0.25, 0.3) is 0 Å². The number of carboxylic acids is 1. The molecule has 1 aromatic carbocycles. The number of halogens is 1. The standard InChI is InChI=1S/C13H13FO2/c14-11-9-3-1-2-8(9)4-5-10(11)13(6-7-13)12(15)16/h4-5H,1-3,6-7H2,(H,15,16). The third-order valence-corrected chi connectivity index (χ3v) is 3.89. The lowest BCUT2D eigenvalue weighted by Crippen LogP contribution is -2.21. The summed E-state index contributed by atoms with van der Waals surface area (Å²) in [7, 11) is 0. The van der Waals surface area contributed by atoms with Crippen LogP contribution in [-0.2, 0) is 23.1 Å². The Balaban J connectivity index is 2.13. The second-order valence-electron chi connectivity index (χ2n) is 4.81. The minimum absolute atomic E-state index is 0.255. The summed E-state index contributed by atoms with van der Waals surface area (Å²) in [4.78, 5) is 11.2. The monoisotopic (exact) mass is 220 g/mol. The van der Waals surface area contributed by atoms with E-state index in [9.17, 15) is 9.18 Å². The molecule has 2 nitrogen and oxygen atoms in total. The van der Waals surface area contributed by atoms with Crippen LogP contribution >= 0.6 is 0 Å². The Morgan fingerprint density at radius 2 is 2.06 bits per heavy atom. The van der Waals surface area contributed by atoms with Gasteiger partial charge in [0, 0.05) is 5.56 Å². The average molecular weight is 220 g/mol. The van der Waals surface area contributed by atoms with Crippen molar-refractivity contribution in [3.8, 4) is 0 Å². The van der Waals surface area contributed by atoms with Crippen molar-refractivity contribution in [2.24, 2.45) is 0 Å². The summed E-state index contributed by atoms with van der Waals surface area (Å²) < 4.78 is 14.2. The molecule has 3 heteroatoms. The van der Waals surface area contributed by atoms with Crippen molar-refractivity contribution >= 4 is 5.97 Å². The molecule has 1 fully saturated rings. The van der Waals surface area contributed by atoms with Crippen LogP contribution in [0.1, 0.15) is 36.0 Å². The minimum atomic E-state index is -0.915. The quantitative estimate of drug-likeness (QED) is 0.831. The SMILES string of the molecule is O=C(O)C1(c2ccc3c(c2F)CCC3)CC1. The smallest absolute Gasteiger partial charge is 0.314 e. The van der Waals surface area contributed by atoms with E-state index in [1.54, 1.807) is 6.07 Å². The molecule has 2 aliphatic rings. The molecular formula is C13H13FO2. The maximum absolute atomic E-state index is 14.2. The number of aliphatic carboxylic acids is 1. The third kappa shape index (κ3) is 1.14. The van der Waals surface area contributed by atoms with Crippen LogP contribution in [0.4, 0.5) is 4.39 Å². The molecule has 0 spiro atoms. The highest BCUT2D eigenvalue weighted by Crippen LogP contribution is 2.50. The molecule has 0 heterocycles. The Hall–Kier alpha value is -1.38. The topological polar surface area (TPSA) is 37.3 Å². The molecule has 0 aliphatic heterocycles. The van der Waals surface area contributed by atoms with Crippen LogP contribution in [0.15, 0.2) is 12.1 Å². The van der Waals surface area contributed by atoms with Crippen molar-refractivity contribution < 1.29 is 14.3 Å². The number of carboxylic acid groups (broad SMARTS) is 1. The van der Waals surface area contributed by atoms with Gasteiger partial charge in [-0.1, -0.05) is 12.1 Å². The van der Waals surface area contributed by atoms with Gasteiger partial charge in [0.2, 0.25) is 0 Å². The van der Waals surface area contributed by atoms with Gasteiger partial charge in [-0.2, -0.15) is 0 Å². The van der Waals surface area contributed by atoms with E-state index in [2.05, 4.69) is 0 Å². The van der Waals surface area contributed by atoms with Gasteiger partial charge in [-0.05, 0) is 43.2 Å². The number of hydrogen-bond acceptors (Lipinski definition) is 1. The molecule has 0 saturated heterocycles. The lowest BCUT2D eigenvalue weighted by Gasteiger charge is -2.13. The van der Waals surface area contributed by atoms with E-state index in [1.165, 1.54) is 0 Å². The first-order valence-electron chi connectivity index (χ1n) is 5.69. The highest BCUT2D eigenvalue weighted by molar-refractivity contribution is 5.85. The molecule has 0 amide bonds. The summed E-state index contributed by atoms with van der Waals surface area (Å²) in [6.07, 6.45) is 3.79. The molecule has 0 aromatic heterocycles. The number of aryl methyl sites for hydroxylation is 1. The molecular weight excluding hydrogens is 207 g/mol. The van der Waals surface area contributed by atoms with Crippen molar-refractivity contribution in [2.75, 3.05) is 0 Å². The van der Waals surface area contributed by atoms with Gasteiger partial charge in [-0.25, -0.2) is 4.39 Å². The van der Waals surface area contributed by atoms with Crippen LogP contribution in [0.2, 0.25) is 0 Å². The number of benzene rings is 1. The lowest BCUT2D eigenvalue weighted by molar-refractivity contribution is -0.140. The maximum Gasteiger partial charge on any atom is 0.314 e. The summed E-state index contributed by atoms with van der Waals surface area (Å²) >= 11 is 0. The van der Waals surface area contributed by atoms with Crippen LogP contribution < -0.4 is 0 Å². The molecule has 84 valence electrons. The Morgan fingerprint density at radius 3 is 2.69 bits per heavy atom. The van der Waals surface area contributed by atoms with E-state index in [-0.39, 0.29) is 5.82 Å². The first-order chi connectivity index (χ1) is 7.65. The zero-order valence-electron chi connectivity index (χ0n) is 8.92. The van der Waals surface area contributed by atoms with Gasteiger partial charge in [0.15, 0.2) is 0 Å². The predicted molar refractivity (Wildman–Crippen MR) is 57.0 cm³/mol. The zero-order chi connectivity index (χ0) is 11.3. The fourth-order valence-electron chi connectivity index (χ4n) is 2.71. The number of carbonyl (C=O) groups is 1. The molecule has 1 N–H and O–H groups in total. The fraction of sp³-hybridized carbons (Fsp3) is 0.462. The molecule has 0 bridgehead atoms. The third-order valence-electron chi connectivity index (χ3n) is 3.89. The van der Waals surface area contributed by atoms with Crippen molar-refractivity contribution in [1.82, 2.24) is 0 Å². The van der Waals surface area contributed by atoms with E-state index in [0.29, 0.717) is 18.4 Å². The molecule has 0 unspecified atom stereocenters. The van der Waals surface area contributed by atoms with Gasteiger partial charge in [-0.3, -0.25) is 4.79 Å². The Labute approximate surface area is 93.1 Å². The van der Waals surface area contributed by atoms with Crippen LogP contribution in [0, 0.1) is 5.82 Å². The van der Waals surface area contributed by atoms with Gasteiger partial charge in [0.05, 0.1) is 5.41 Å². The van der Waals surface area contributed by atoms with Crippen molar-refractivity contribution in [3.63, 3.8) is 0 Å². The predicted octanol–water partition coefficient (Wildman–Crippen LogP) is 2.43. The number of rotatable bonds is 2. The van der Waals surface area contributed by atoms with Gasteiger partial charge in [-0.15, -0.1) is 0 Å². The highest BCUT2D eigenvalue weighted by Gasteiger charge is 2.53. The zero-order valence-corrected chi connectivity index (χ0v) is 8.92. The first kappa shape index (κ1) is 9.82. The summed E-state index contributed by atoms with van der Waals surface area (Å²) in [5, 5.41) is 9.16. The normalized spacial score (nSPS) is 20.6. The van der Waals surface area contributed by atoms with Gasteiger partial charge >= 0.3 is 5.97 Å². The first-order valence-corrected chi connectivity index (χ1v) is 5.69. The molecule has 2 aliphatic carbocycles. The van der Waals surface area contributed by atoms with E-state index in [4.69, 9.17) is 5.11 Å². The second-order valence-corrected chi connectivity index (χ2v) is 4.81. The Bertz CT molecular complexity index is 475. The van der Waals surface area contributed by atoms with Crippen molar-refractivity contribution in [2.45, 2.75) is 37.5 Å². The summed E-state index contributed by atoms with van der Waals surface area (Å²) in [5.41, 5.74) is 1.30. The molecule has 1 aromatic rings. The van der Waals surface area contributed by atoms with E-state index in [0.717, 1.165) is 30.4 Å². The molecule has 0 radical (unpaired) electrons. The maximum atomic E-state index is 14.2. The van der Waals surface area contributed by atoms with Gasteiger partial charge in [0.1, 0.15) is 5.82 Å². The largest absolute Gasteiger partial charge is 0.481 e. The van der Waals surface area contributed by atoms with E-state index < -0.39 is 11.4 Å². The Kier molecular flexibility index (Phi) is 1.88. The van der Waals surface area contributed by atoms with E-state index >= 15 is 0 Å². The minimum Gasteiger partial charge on any atom is -0.481 e. The lowest BCUT2D eigenvalue weighted by atomic mass is 9.92. The van der Waals surface area contributed by atoms with Crippen LogP contribution in [0.5, 0.6) is 0 Å². The summed E-state index contributed by atoms with van der Waals surface area (Å²) in [5.74, 6) is -1.14. The Morgan fingerprint density at radius 1 is 1.31 bits per heavy atom. The summed E-state index contributed by atoms with van der Waals surface area (Å²) in [6.45, 7) is 0. The van der Waals surface area contributed by atoms with E-state index in [1.807, 2.05) is 6.07 Å². The van der Waals surface area contributed by atoms with Crippen LogP contribution in [-0.4, -0.2) is 11.1 Å². The molecule has 16 heavy (non-hydrogen) atoms. The van der Waals surface area contributed by atoms with Crippen LogP contribution in [0.3, 0.4) is 0 Å². The van der Waals surface area contributed by atoms with Crippen LogP contribution in [0.25, 0.3) is 0 Å².